The van der Waals surface area contributed by atoms with Crippen LogP contribution in [0.15, 0.2) is 30.5 Å². The van der Waals surface area contributed by atoms with Gasteiger partial charge in [0.2, 0.25) is 16.0 Å². The van der Waals surface area contributed by atoms with Crippen LogP contribution in [0.25, 0.3) is 21.8 Å². The van der Waals surface area contributed by atoms with Crippen molar-refractivity contribution in [2.24, 2.45) is 0 Å². The molecule has 3 aromatic rings. The van der Waals surface area contributed by atoms with Gasteiger partial charge in [-0.3, -0.25) is 4.72 Å². The maximum Gasteiger partial charge on any atom is 0.232 e. The summed E-state index contributed by atoms with van der Waals surface area (Å²) >= 11 is 1.49. The molecular weight excluding hydrogens is 489 g/mol. The first kappa shape index (κ1) is 25.5. The van der Waals surface area contributed by atoms with E-state index in [1.165, 1.54) is 17.4 Å². The Kier molecular flexibility index (Phi) is 8.30. The van der Waals surface area contributed by atoms with E-state index in [0.29, 0.717) is 37.0 Å². The van der Waals surface area contributed by atoms with Crippen LogP contribution in [0.4, 0.5) is 16.0 Å². The third kappa shape index (κ3) is 6.14. The molecule has 1 saturated heterocycles. The fraction of sp³-hybridized carbons (Fsp3) is 0.458. The smallest absolute Gasteiger partial charge is 0.232 e. The summed E-state index contributed by atoms with van der Waals surface area (Å²) in [6, 6.07) is 6.47. The number of sulfonamides is 1. The van der Waals surface area contributed by atoms with Crippen LogP contribution in [0.5, 0.6) is 0 Å². The van der Waals surface area contributed by atoms with Gasteiger partial charge in [0.15, 0.2) is 5.82 Å². The van der Waals surface area contributed by atoms with Crippen LogP contribution < -0.4 is 10.0 Å². The highest BCUT2D eigenvalue weighted by atomic mass is 32.2. The molecule has 1 fully saturated rings. The van der Waals surface area contributed by atoms with E-state index < -0.39 is 15.8 Å². The molecule has 1 aromatic carbocycles. The van der Waals surface area contributed by atoms with Crippen molar-refractivity contribution in [2.45, 2.75) is 45.4 Å². The van der Waals surface area contributed by atoms with Crippen molar-refractivity contribution >= 4 is 33.0 Å². The van der Waals surface area contributed by atoms with Crippen LogP contribution in [0.3, 0.4) is 0 Å². The molecule has 0 radical (unpaired) electrons. The monoisotopic (exact) mass is 519 g/mol. The topological polar surface area (TPSA) is 106 Å². The molecule has 4 rings (SSSR count). The molecule has 0 aliphatic carbocycles. The minimum absolute atomic E-state index is 0.0824. The highest BCUT2D eigenvalue weighted by Gasteiger charge is 2.26. The molecule has 2 aromatic heterocycles. The lowest BCUT2D eigenvalue weighted by molar-refractivity contribution is 0.0853. The van der Waals surface area contributed by atoms with Crippen LogP contribution in [-0.2, 0) is 14.8 Å². The van der Waals surface area contributed by atoms with Crippen molar-refractivity contribution in [3.8, 4) is 21.8 Å². The minimum Gasteiger partial charge on any atom is -0.381 e. The maximum absolute atomic E-state index is 15.7. The van der Waals surface area contributed by atoms with Gasteiger partial charge in [-0.05, 0) is 43.9 Å². The molecular formula is C24H30FN5O3S2. The molecule has 0 bridgehead atoms. The van der Waals surface area contributed by atoms with Crippen molar-refractivity contribution in [3.05, 3.63) is 41.3 Å². The van der Waals surface area contributed by atoms with E-state index in [4.69, 9.17) is 9.72 Å². The van der Waals surface area contributed by atoms with E-state index in [1.54, 1.807) is 31.3 Å². The van der Waals surface area contributed by atoms with Gasteiger partial charge in [0, 0.05) is 37.4 Å². The SMILES string of the molecule is CCCNc1nccc(-c2sc(C3CCOCC3)nc2-c2cccc(NS(=O)(=O)CCC)c2F)n1. The molecule has 1 aliphatic rings. The first-order valence-corrected chi connectivity index (χ1v) is 14.3. The predicted octanol–water partition coefficient (Wildman–Crippen LogP) is 5.27. The summed E-state index contributed by atoms with van der Waals surface area (Å²) in [6.07, 6.45) is 4.73. The van der Waals surface area contributed by atoms with Crippen molar-refractivity contribution in [3.63, 3.8) is 0 Å². The molecule has 3 heterocycles. The van der Waals surface area contributed by atoms with Crippen molar-refractivity contribution < 1.29 is 17.5 Å². The number of anilines is 2. The maximum atomic E-state index is 15.7. The second-order valence-electron chi connectivity index (χ2n) is 8.40. The fourth-order valence-electron chi connectivity index (χ4n) is 3.90. The Labute approximate surface area is 209 Å². The lowest BCUT2D eigenvalue weighted by atomic mass is 10.0. The number of thiazole rings is 1. The quantitative estimate of drug-likeness (QED) is 0.376. The minimum atomic E-state index is -3.65. The third-order valence-corrected chi connectivity index (χ3v) is 8.34. The fourth-order valence-corrected chi connectivity index (χ4v) is 6.25. The zero-order valence-corrected chi connectivity index (χ0v) is 21.5. The van der Waals surface area contributed by atoms with Crippen LogP contribution in [0.2, 0.25) is 0 Å². The van der Waals surface area contributed by atoms with Gasteiger partial charge < -0.3 is 10.1 Å². The molecule has 35 heavy (non-hydrogen) atoms. The Morgan fingerprint density at radius 2 is 1.94 bits per heavy atom. The van der Waals surface area contributed by atoms with E-state index in [-0.39, 0.29) is 22.9 Å². The van der Waals surface area contributed by atoms with Crippen molar-refractivity contribution in [1.29, 1.82) is 0 Å². The van der Waals surface area contributed by atoms with E-state index in [9.17, 15) is 8.42 Å². The van der Waals surface area contributed by atoms with Gasteiger partial charge in [0.25, 0.3) is 0 Å². The summed E-state index contributed by atoms with van der Waals surface area (Å²) < 4.78 is 48.2. The van der Waals surface area contributed by atoms with E-state index in [1.807, 2.05) is 0 Å². The van der Waals surface area contributed by atoms with E-state index in [0.717, 1.165) is 35.7 Å². The average molecular weight is 520 g/mol. The number of hydrogen-bond acceptors (Lipinski definition) is 8. The van der Waals surface area contributed by atoms with Crippen LogP contribution in [0, 0.1) is 5.82 Å². The molecule has 8 nitrogen and oxygen atoms in total. The largest absolute Gasteiger partial charge is 0.381 e. The normalized spacial score (nSPS) is 14.7. The van der Waals surface area contributed by atoms with Crippen LogP contribution in [0.1, 0.15) is 50.5 Å². The van der Waals surface area contributed by atoms with Crippen molar-refractivity contribution in [2.75, 3.05) is 35.6 Å². The molecule has 188 valence electrons. The van der Waals surface area contributed by atoms with Gasteiger partial charge in [-0.25, -0.2) is 27.8 Å². The number of benzene rings is 1. The zero-order chi connectivity index (χ0) is 24.8. The number of rotatable bonds is 10. The van der Waals surface area contributed by atoms with Crippen LogP contribution in [-0.4, -0.2) is 48.9 Å². The van der Waals surface area contributed by atoms with E-state index >= 15 is 4.39 Å². The second kappa shape index (κ2) is 11.4. The Morgan fingerprint density at radius 3 is 2.69 bits per heavy atom. The summed E-state index contributed by atoms with van der Waals surface area (Å²) in [6.45, 7) is 5.88. The Morgan fingerprint density at radius 1 is 1.14 bits per heavy atom. The summed E-state index contributed by atoms with van der Waals surface area (Å²) in [5.41, 5.74) is 1.23. The van der Waals surface area contributed by atoms with Gasteiger partial charge in [-0.1, -0.05) is 19.9 Å². The first-order chi connectivity index (χ1) is 16.9. The predicted molar refractivity (Wildman–Crippen MR) is 138 cm³/mol. The Bertz CT molecular complexity index is 1260. The van der Waals surface area contributed by atoms with E-state index in [2.05, 4.69) is 26.9 Å². The standard InChI is InChI=1S/C24H30FN5O3S2/c1-3-11-26-24-27-12-8-19(28-24)22-21(29-23(34-22)16-9-13-33-14-10-16)17-6-5-7-18(20(17)25)30-35(31,32)15-4-2/h5-8,12,16,30H,3-4,9-11,13-15H2,1-2H3,(H,26,27,28). The molecule has 2 N–H and O–H groups in total. The Balaban J connectivity index is 1.79. The zero-order valence-electron chi connectivity index (χ0n) is 19.9. The molecule has 0 saturated carbocycles. The lowest BCUT2D eigenvalue weighted by Gasteiger charge is -2.19. The number of aromatic nitrogens is 3. The van der Waals surface area contributed by atoms with Gasteiger partial charge in [0.05, 0.1) is 32.7 Å². The van der Waals surface area contributed by atoms with Crippen LogP contribution >= 0.6 is 11.3 Å². The molecule has 0 atom stereocenters. The van der Waals surface area contributed by atoms with Gasteiger partial charge >= 0.3 is 0 Å². The molecule has 0 spiro atoms. The first-order valence-electron chi connectivity index (χ1n) is 11.9. The number of nitrogens with one attached hydrogen (secondary N) is 2. The Hall–Kier alpha value is -2.63. The number of halogens is 1. The summed E-state index contributed by atoms with van der Waals surface area (Å²) in [4.78, 5) is 14.5. The molecule has 11 heteroatoms. The average Bonchev–Trinajstić information content (AvgIpc) is 3.30. The number of hydrogen-bond donors (Lipinski definition) is 2. The number of nitrogens with zero attached hydrogens (tertiary/aromatic N) is 3. The van der Waals surface area contributed by atoms with Gasteiger partial charge in [0.1, 0.15) is 0 Å². The second-order valence-corrected chi connectivity index (χ2v) is 11.3. The molecule has 1 aliphatic heterocycles. The highest BCUT2D eigenvalue weighted by molar-refractivity contribution is 7.92. The third-order valence-electron chi connectivity index (χ3n) is 5.63. The summed E-state index contributed by atoms with van der Waals surface area (Å²) in [7, 11) is -3.65. The molecule has 0 amide bonds. The van der Waals surface area contributed by atoms with Crippen molar-refractivity contribution in [1.82, 2.24) is 15.0 Å². The van der Waals surface area contributed by atoms with Gasteiger partial charge in [-0.15, -0.1) is 11.3 Å². The highest BCUT2D eigenvalue weighted by Crippen LogP contribution is 2.42. The summed E-state index contributed by atoms with van der Waals surface area (Å²) in [5, 5.41) is 4.09. The summed E-state index contributed by atoms with van der Waals surface area (Å²) in [5.74, 6) is -0.0235. The number of ether oxygens (including phenoxy) is 1. The van der Waals surface area contributed by atoms with Gasteiger partial charge in [-0.2, -0.15) is 0 Å². The lowest BCUT2D eigenvalue weighted by Crippen LogP contribution is -2.17. The molecule has 0 unspecified atom stereocenters.